The van der Waals surface area contributed by atoms with Crippen LogP contribution in [0, 0.1) is 6.92 Å². The summed E-state index contributed by atoms with van der Waals surface area (Å²) in [5.74, 6) is 0.243. The number of amides is 1. The molecule has 0 radical (unpaired) electrons. The van der Waals surface area contributed by atoms with Gasteiger partial charge >= 0.3 is 5.97 Å². The molecule has 2 heterocycles. The molecule has 1 aromatic heterocycles. The van der Waals surface area contributed by atoms with E-state index in [4.69, 9.17) is 13.9 Å². The lowest BCUT2D eigenvalue weighted by molar-refractivity contribution is -0.138. The topological polar surface area (TPSA) is 81.0 Å². The van der Waals surface area contributed by atoms with Crippen LogP contribution in [-0.2, 0) is 9.53 Å². The molecule has 0 fully saturated rings. The van der Waals surface area contributed by atoms with Gasteiger partial charge in [-0.05, 0) is 55.0 Å². The number of aryl methyl sites for hydroxylation is 1. The molecule has 0 bridgehead atoms. The average Bonchev–Trinajstić information content (AvgIpc) is 3.48. The standard InChI is InChI=1S/C24H22N2O5/c1-16-5-7-17(8-6-16)20-14-21(22-4-3-13-30-22)26(25-20)23(27)15-31-24(28)18-9-11-19(29-2)12-10-18/h3-14,21,25H,15H2,1-2H3/t21-/m1/s1. The Morgan fingerprint density at radius 3 is 2.45 bits per heavy atom. The van der Waals surface area contributed by atoms with Gasteiger partial charge in [-0.3, -0.25) is 10.2 Å². The highest BCUT2D eigenvalue weighted by Crippen LogP contribution is 2.31. The number of rotatable bonds is 6. The number of hydrazine groups is 1. The molecule has 7 nitrogen and oxygen atoms in total. The van der Waals surface area contributed by atoms with E-state index in [0.29, 0.717) is 17.1 Å². The van der Waals surface area contributed by atoms with Crippen molar-refractivity contribution in [2.75, 3.05) is 13.7 Å². The quantitative estimate of drug-likeness (QED) is 0.612. The molecule has 1 N–H and O–H groups in total. The normalized spacial score (nSPS) is 15.2. The van der Waals surface area contributed by atoms with E-state index < -0.39 is 24.5 Å². The van der Waals surface area contributed by atoms with Gasteiger partial charge in [0.25, 0.3) is 5.91 Å². The van der Waals surface area contributed by atoms with Crippen LogP contribution in [0.4, 0.5) is 0 Å². The first-order valence-electron chi connectivity index (χ1n) is 9.77. The molecule has 0 spiro atoms. The lowest BCUT2D eigenvalue weighted by Crippen LogP contribution is -2.41. The molecule has 1 aliphatic heterocycles. The van der Waals surface area contributed by atoms with Gasteiger partial charge in [-0.15, -0.1) is 0 Å². The smallest absolute Gasteiger partial charge is 0.338 e. The van der Waals surface area contributed by atoms with Gasteiger partial charge in [0.1, 0.15) is 17.6 Å². The molecule has 4 rings (SSSR count). The number of methoxy groups -OCH3 is 1. The Kier molecular flexibility index (Phi) is 5.75. The molecule has 0 unspecified atom stereocenters. The number of ether oxygens (including phenoxy) is 2. The maximum absolute atomic E-state index is 12.9. The summed E-state index contributed by atoms with van der Waals surface area (Å²) in [5, 5.41) is 1.41. The Hall–Kier alpha value is -4.00. The summed E-state index contributed by atoms with van der Waals surface area (Å²) in [4.78, 5) is 25.2. The second-order valence-corrected chi connectivity index (χ2v) is 7.09. The SMILES string of the molecule is COc1ccc(C(=O)OCC(=O)N2NC(c3ccc(C)cc3)=C[C@@H]2c2ccco2)cc1. The van der Waals surface area contributed by atoms with Crippen molar-refractivity contribution in [2.45, 2.75) is 13.0 Å². The van der Waals surface area contributed by atoms with E-state index in [-0.39, 0.29) is 0 Å². The summed E-state index contributed by atoms with van der Waals surface area (Å²) in [5.41, 5.74) is 6.31. The Balaban J connectivity index is 1.47. The van der Waals surface area contributed by atoms with Crippen molar-refractivity contribution in [1.29, 1.82) is 0 Å². The Bertz CT molecular complexity index is 1090. The van der Waals surface area contributed by atoms with Crippen molar-refractivity contribution in [3.8, 4) is 5.75 Å². The zero-order valence-corrected chi connectivity index (χ0v) is 17.2. The molecule has 1 atom stereocenters. The lowest BCUT2D eigenvalue weighted by atomic mass is 10.1. The largest absolute Gasteiger partial charge is 0.497 e. The fourth-order valence-electron chi connectivity index (χ4n) is 3.26. The van der Waals surface area contributed by atoms with Gasteiger partial charge in [-0.1, -0.05) is 29.8 Å². The number of hydrogen-bond acceptors (Lipinski definition) is 6. The number of hydrogen-bond donors (Lipinski definition) is 1. The van der Waals surface area contributed by atoms with Crippen molar-refractivity contribution >= 4 is 17.6 Å². The minimum atomic E-state index is -0.587. The molecule has 0 saturated carbocycles. The molecule has 1 amide bonds. The Morgan fingerprint density at radius 1 is 1.06 bits per heavy atom. The minimum Gasteiger partial charge on any atom is -0.497 e. The zero-order valence-electron chi connectivity index (χ0n) is 17.2. The number of benzene rings is 2. The third-order valence-corrected chi connectivity index (χ3v) is 4.96. The molecule has 1 aliphatic rings. The summed E-state index contributed by atoms with van der Waals surface area (Å²) in [7, 11) is 1.55. The number of furan rings is 1. The van der Waals surface area contributed by atoms with Crippen LogP contribution in [0.15, 0.2) is 77.4 Å². The van der Waals surface area contributed by atoms with Crippen LogP contribution in [0.2, 0.25) is 0 Å². The first-order valence-corrected chi connectivity index (χ1v) is 9.77. The molecular formula is C24H22N2O5. The first kappa shape index (κ1) is 20.3. The molecule has 3 aromatic rings. The van der Waals surface area contributed by atoms with Crippen molar-refractivity contribution in [3.63, 3.8) is 0 Å². The third-order valence-electron chi connectivity index (χ3n) is 4.96. The van der Waals surface area contributed by atoms with Gasteiger partial charge < -0.3 is 13.9 Å². The second kappa shape index (κ2) is 8.79. The van der Waals surface area contributed by atoms with E-state index in [0.717, 1.165) is 16.8 Å². The van der Waals surface area contributed by atoms with E-state index >= 15 is 0 Å². The predicted octanol–water partition coefficient (Wildman–Crippen LogP) is 3.88. The van der Waals surface area contributed by atoms with Crippen LogP contribution in [0.3, 0.4) is 0 Å². The summed E-state index contributed by atoms with van der Waals surface area (Å²) in [6.45, 7) is 1.60. The maximum atomic E-state index is 12.9. The summed E-state index contributed by atoms with van der Waals surface area (Å²) < 4.78 is 15.8. The summed E-state index contributed by atoms with van der Waals surface area (Å²) >= 11 is 0. The summed E-state index contributed by atoms with van der Waals surface area (Å²) in [6, 6.07) is 17.5. The highest BCUT2D eigenvalue weighted by atomic mass is 16.5. The molecular weight excluding hydrogens is 396 g/mol. The minimum absolute atomic E-state index is 0.337. The fraction of sp³-hybridized carbons (Fsp3) is 0.167. The van der Waals surface area contributed by atoms with Crippen LogP contribution in [0.25, 0.3) is 5.70 Å². The molecule has 7 heteroatoms. The van der Waals surface area contributed by atoms with Gasteiger partial charge in [0.2, 0.25) is 0 Å². The van der Waals surface area contributed by atoms with E-state index in [1.807, 2.05) is 37.3 Å². The van der Waals surface area contributed by atoms with Crippen LogP contribution in [0.1, 0.15) is 33.3 Å². The van der Waals surface area contributed by atoms with Crippen molar-refractivity contribution in [1.82, 2.24) is 10.4 Å². The monoisotopic (exact) mass is 418 g/mol. The number of nitrogens with one attached hydrogen (secondary N) is 1. The van der Waals surface area contributed by atoms with E-state index in [9.17, 15) is 9.59 Å². The third kappa shape index (κ3) is 4.45. The molecule has 0 aliphatic carbocycles. The fourth-order valence-corrected chi connectivity index (χ4v) is 3.26. The first-order chi connectivity index (χ1) is 15.0. The maximum Gasteiger partial charge on any atom is 0.338 e. The molecule has 158 valence electrons. The van der Waals surface area contributed by atoms with Gasteiger partial charge in [-0.25, -0.2) is 9.80 Å². The number of carbonyl (C=O) groups is 2. The number of nitrogens with zero attached hydrogens (tertiary/aromatic N) is 1. The van der Waals surface area contributed by atoms with Crippen molar-refractivity contribution < 1.29 is 23.5 Å². The Morgan fingerprint density at radius 2 is 1.81 bits per heavy atom. The van der Waals surface area contributed by atoms with Crippen molar-refractivity contribution in [2.24, 2.45) is 0 Å². The molecule has 31 heavy (non-hydrogen) atoms. The number of esters is 1. The average molecular weight is 418 g/mol. The number of carbonyl (C=O) groups excluding carboxylic acids is 2. The van der Waals surface area contributed by atoms with Crippen LogP contribution >= 0.6 is 0 Å². The van der Waals surface area contributed by atoms with Crippen molar-refractivity contribution in [3.05, 3.63) is 95.5 Å². The predicted molar refractivity (Wildman–Crippen MR) is 114 cm³/mol. The Labute approximate surface area is 179 Å². The van der Waals surface area contributed by atoms with Crippen LogP contribution in [-0.4, -0.2) is 30.6 Å². The van der Waals surface area contributed by atoms with Gasteiger partial charge in [0.15, 0.2) is 6.61 Å². The van der Waals surface area contributed by atoms with E-state index in [1.165, 1.54) is 5.01 Å². The lowest BCUT2D eigenvalue weighted by Gasteiger charge is -2.23. The van der Waals surface area contributed by atoms with Gasteiger partial charge in [-0.2, -0.15) is 0 Å². The zero-order chi connectivity index (χ0) is 21.8. The van der Waals surface area contributed by atoms with Gasteiger partial charge in [0, 0.05) is 0 Å². The van der Waals surface area contributed by atoms with Gasteiger partial charge in [0.05, 0.1) is 24.6 Å². The highest BCUT2D eigenvalue weighted by Gasteiger charge is 2.33. The van der Waals surface area contributed by atoms with Crippen LogP contribution < -0.4 is 10.2 Å². The summed E-state index contributed by atoms with van der Waals surface area (Å²) in [6.07, 6.45) is 3.46. The molecule has 0 saturated heterocycles. The van der Waals surface area contributed by atoms with E-state index in [1.54, 1.807) is 49.8 Å². The highest BCUT2D eigenvalue weighted by molar-refractivity contribution is 5.91. The second-order valence-electron chi connectivity index (χ2n) is 7.09. The van der Waals surface area contributed by atoms with E-state index in [2.05, 4.69) is 5.43 Å². The van der Waals surface area contributed by atoms with Crippen LogP contribution in [0.5, 0.6) is 5.75 Å². The molecule has 2 aromatic carbocycles.